The average molecular weight is 223 g/mol. The van der Waals surface area contributed by atoms with Crippen molar-refractivity contribution in [3.63, 3.8) is 0 Å². The van der Waals surface area contributed by atoms with Gasteiger partial charge in [-0.2, -0.15) is 13.2 Å². The largest absolute Gasteiger partial charge is 0.479 e. The van der Waals surface area contributed by atoms with Crippen LogP contribution in [0.2, 0.25) is 0 Å². The van der Waals surface area contributed by atoms with Crippen LogP contribution in [0.15, 0.2) is 5.16 Å². The lowest BCUT2D eigenvalue weighted by Crippen LogP contribution is -2.10. The number of alkyl halides is 3. The zero-order valence-corrected chi connectivity index (χ0v) is 7.91. The molecule has 84 valence electrons. The molecule has 1 N–H and O–H groups in total. The van der Waals surface area contributed by atoms with Crippen LogP contribution in [0.25, 0.3) is 0 Å². The zero-order valence-electron chi connectivity index (χ0n) is 7.91. The summed E-state index contributed by atoms with van der Waals surface area (Å²) in [5.74, 6) is -0.556. The summed E-state index contributed by atoms with van der Waals surface area (Å²) in [5, 5.41) is 14.3. The Morgan fingerprint density at radius 1 is 1.53 bits per heavy atom. The minimum atomic E-state index is -4.61. The van der Waals surface area contributed by atoms with Crippen LogP contribution in [0, 0.1) is 0 Å². The Balaban J connectivity index is 3.43. The maximum Gasteiger partial charge on any atom is 0.423 e. The minimum absolute atomic E-state index is 0.373. The normalized spacial score (nSPS) is 12.3. The lowest BCUT2D eigenvalue weighted by atomic mass is 10.2. The third-order valence-corrected chi connectivity index (χ3v) is 1.72. The summed E-state index contributed by atoms with van der Waals surface area (Å²) >= 11 is 0. The van der Waals surface area contributed by atoms with E-state index in [0.717, 1.165) is 11.8 Å². The van der Waals surface area contributed by atoms with Crippen LogP contribution in [0.1, 0.15) is 11.3 Å². The van der Waals surface area contributed by atoms with Crippen LogP contribution in [0.5, 0.6) is 5.88 Å². The third kappa shape index (κ3) is 2.03. The Bertz CT molecular complexity index is 384. The number of oxime groups is 1. The van der Waals surface area contributed by atoms with Crippen molar-refractivity contribution in [2.75, 3.05) is 7.11 Å². The topological polar surface area (TPSA) is 59.6 Å². The lowest BCUT2D eigenvalue weighted by Gasteiger charge is -2.06. The SMILES string of the molecule is COc1nn(C)c(C=NO)c1C(F)(F)F. The molecule has 0 fully saturated rings. The first-order valence-corrected chi connectivity index (χ1v) is 3.77. The molecule has 8 heteroatoms. The zero-order chi connectivity index (χ0) is 11.6. The standard InChI is InChI=1S/C7H8F3N3O2/c1-13-4(3-11-14)5(7(8,9)10)6(12-13)15-2/h3,14H,1-2H3. The molecule has 5 nitrogen and oxygen atoms in total. The fourth-order valence-electron chi connectivity index (χ4n) is 1.12. The van der Waals surface area contributed by atoms with Crippen molar-refractivity contribution in [2.45, 2.75) is 6.18 Å². The van der Waals surface area contributed by atoms with E-state index >= 15 is 0 Å². The van der Waals surface area contributed by atoms with Crippen LogP contribution in [-0.2, 0) is 13.2 Å². The van der Waals surface area contributed by atoms with Crippen LogP contribution in [-0.4, -0.2) is 28.3 Å². The molecule has 0 atom stereocenters. The maximum atomic E-state index is 12.6. The fourth-order valence-corrected chi connectivity index (χ4v) is 1.12. The van der Waals surface area contributed by atoms with Crippen molar-refractivity contribution < 1.29 is 23.1 Å². The lowest BCUT2D eigenvalue weighted by molar-refractivity contribution is -0.138. The average Bonchev–Trinajstić information content (AvgIpc) is 2.43. The second-order valence-electron chi connectivity index (χ2n) is 2.64. The van der Waals surface area contributed by atoms with Crippen molar-refractivity contribution >= 4 is 6.21 Å². The van der Waals surface area contributed by atoms with E-state index in [1.165, 1.54) is 7.05 Å². The molecule has 1 heterocycles. The summed E-state index contributed by atoms with van der Waals surface area (Å²) in [6, 6.07) is 0. The van der Waals surface area contributed by atoms with Crippen molar-refractivity contribution in [2.24, 2.45) is 12.2 Å². The summed E-state index contributed by atoms with van der Waals surface area (Å²) < 4.78 is 43.1. The summed E-state index contributed by atoms with van der Waals surface area (Å²) in [5.41, 5.74) is -1.44. The van der Waals surface area contributed by atoms with Crippen LogP contribution in [0.3, 0.4) is 0 Å². The summed E-state index contributed by atoms with van der Waals surface area (Å²) in [7, 11) is 2.37. The Labute approximate surface area is 82.8 Å². The highest BCUT2D eigenvalue weighted by Gasteiger charge is 2.40. The van der Waals surface area contributed by atoms with Crippen molar-refractivity contribution in [1.29, 1.82) is 0 Å². The Hall–Kier alpha value is -1.73. The first kappa shape index (κ1) is 11.3. The van der Waals surface area contributed by atoms with Crippen LogP contribution in [0.4, 0.5) is 13.2 Å². The van der Waals surface area contributed by atoms with Crippen LogP contribution < -0.4 is 4.74 Å². The van der Waals surface area contributed by atoms with Gasteiger partial charge < -0.3 is 9.94 Å². The molecule has 0 bridgehead atoms. The van der Waals surface area contributed by atoms with Gasteiger partial charge in [0.1, 0.15) is 5.56 Å². The number of ether oxygens (including phenoxy) is 1. The van der Waals surface area contributed by atoms with E-state index in [1.54, 1.807) is 0 Å². The van der Waals surface area contributed by atoms with Gasteiger partial charge in [-0.15, -0.1) is 5.10 Å². The number of rotatable bonds is 2. The second kappa shape index (κ2) is 3.79. The molecule has 0 aliphatic rings. The van der Waals surface area contributed by atoms with Crippen LogP contribution >= 0.6 is 0 Å². The van der Waals surface area contributed by atoms with E-state index < -0.39 is 17.6 Å². The van der Waals surface area contributed by atoms with Gasteiger partial charge in [-0.1, -0.05) is 5.16 Å². The first-order valence-electron chi connectivity index (χ1n) is 3.77. The van der Waals surface area contributed by atoms with Gasteiger partial charge in [0.25, 0.3) is 0 Å². The van der Waals surface area contributed by atoms with Gasteiger partial charge in [0, 0.05) is 7.05 Å². The van der Waals surface area contributed by atoms with Gasteiger partial charge in [-0.3, -0.25) is 4.68 Å². The van der Waals surface area contributed by atoms with E-state index in [1.807, 2.05) is 0 Å². The quantitative estimate of drug-likeness (QED) is 0.466. The molecular formula is C7H8F3N3O2. The predicted octanol–water partition coefficient (Wildman–Crippen LogP) is 1.26. The Morgan fingerprint density at radius 2 is 2.13 bits per heavy atom. The fraction of sp³-hybridized carbons (Fsp3) is 0.429. The van der Waals surface area contributed by atoms with Gasteiger partial charge >= 0.3 is 6.18 Å². The van der Waals surface area contributed by atoms with Gasteiger partial charge in [-0.05, 0) is 0 Å². The molecule has 0 spiro atoms. The number of aryl methyl sites for hydroxylation is 1. The van der Waals surface area contributed by atoms with Gasteiger partial charge in [0.2, 0.25) is 5.88 Å². The van der Waals surface area contributed by atoms with E-state index in [0.29, 0.717) is 6.21 Å². The number of nitrogens with zero attached hydrogens (tertiary/aromatic N) is 3. The molecule has 0 aromatic carbocycles. The molecule has 0 saturated heterocycles. The van der Waals surface area contributed by atoms with Crippen molar-refractivity contribution in [3.8, 4) is 5.88 Å². The van der Waals surface area contributed by atoms with Gasteiger partial charge in [0.05, 0.1) is 19.0 Å². The maximum absolute atomic E-state index is 12.6. The summed E-state index contributed by atoms with van der Waals surface area (Å²) in [4.78, 5) is 0. The molecule has 1 aromatic rings. The monoisotopic (exact) mass is 223 g/mol. The molecular weight excluding hydrogens is 215 g/mol. The van der Waals surface area contributed by atoms with Crippen molar-refractivity contribution in [3.05, 3.63) is 11.3 Å². The summed E-state index contributed by atoms with van der Waals surface area (Å²) in [6.07, 6.45) is -3.96. The van der Waals surface area contributed by atoms with Gasteiger partial charge in [-0.25, -0.2) is 0 Å². The second-order valence-corrected chi connectivity index (χ2v) is 2.64. The van der Waals surface area contributed by atoms with Crippen molar-refractivity contribution in [1.82, 2.24) is 9.78 Å². The molecule has 0 radical (unpaired) electrons. The van der Waals surface area contributed by atoms with E-state index in [-0.39, 0.29) is 5.69 Å². The highest BCUT2D eigenvalue weighted by atomic mass is 19.4. The predicted molar refractivity (Wildman–Crippen MR) is 44.1 cm³/mol. The molecule has 0 saturated carbocycles. The van der Waals surface area contributed by atoms with Gasteiger partial charge in [0.15, 0.2) is 0 Å². The minimum Gasteiger partial charge on any atom is -0.479 e. The third-order valence-electron chi connectivity index (χ3n) is 1.72. The molecule has 0 unspecified atom stereocenters. The molecule has 0 amide bonds. The number of hydrogen-bond donors (Lipinski definition) is 1. The highest BCUT2D eigenvalue weighted by Crippen LogP contribution is 2.37. The molecule has 15 heavy (non-hydrogen) atoms. The van der Waals surface area contributed by atoms with E-state index in [2.05, 4.69) is 15.0 Å². The Kier molecular flexibility index (Phi) is 2.87. The molecule has 0 aliphatic heterocycles. The number of halogens is 3. The molecule has 1 aromatic heterocycles. The highest BCUT2D eigenvalue weighted by molar-refractivity contribution is 5.80. The molecule has 1 rings (SSSR count). The molecule has 0 aliphatic carbocycles. The number of aromatic nitrogens is 2. The number of methoxy groups -OCH3 is 1. The summed E-state index contributed by atoms with van der Waals surface area (Å²) in [6.45, 7) is 0. The first-order chi connectivity index (χ1) is 6.91. The smallest absolute Gasteiger partial charge is 0.423 e. The number of hydrogen-bond acceptors (Lipinski definition) is 4. The Morgan fingerprint density at radius 3 is 2.53 bits per heavy atom. The van der Waals surface area contributed by atoms with E-state index in [9.17, 15) is 13.2 Å². The van der Waals surface area contributed by atoms with E-state index in [4.69, 9.17) is 5.21 Å².